The highest BCUT2D eigenvalue weighted by molar-refractivity contribution is 7.89. The highest BCUT2D eigenvalue weighted by atomic mass is 32.2. The zero-order chi connectivity index (χ0) is 9.41. The van der Waals surface area contributed by atoms with Crippen LogP contribution in [0.15, 0.2) is 0 Å². The van der Waals surface area contributed by atoms with E-state index in [2.05, 4.69) is 0 Å². The maximum Gasteiger partial charge on any atom is 0.214 e. The largest absolute Gasteiger partial charge is 0.389 e. The van der Waals surface area contributed by atoms with Crippen molar-refractivity contribution in [3.05, 3.63) is 0 Å². The highest BCUT2D eigenvalue weighted by Gasteiger charge is 2.31. The lowest BCUT2D eigenvalue weighted by molar-refractivity contribution is 0.0610. The third-order valence-corrected chi connectivity index (χ3v) is 3.67. The number of aliphatic hydroxyl groups is 1. The Labute approximate surface area is 73.2 Å². The monoisotopic (exact) mass is 193 g/mol. The first kappa shape index (κ1) is 9.95. The first-order valence-corrected chi connectivity index (χ1v) is 5.62. The van der Waals surface area contributed by atoms with Crippen LogP contribution in [-0.2, 0) is 10.0 Å². The molecule has 0 aromatic carbocycles. The number of β-amino-alcohol motifs (C(OH)–C–C–N with tert-alkyl or cyclic N) is 1. The van der Waals surface area contributed by atoms with E-state index in [1.165, 1.54) is 4.31 Å². The maximum absolute atomic E-state index is 11.3. The fourth-order valence-electron chi connectivity index (χ4n) is 1.30. The number of sulfonamides is 1. The van der Waals surface area contributed by atoms with Gasteiger partial charge in [-0.3, -0.25) is 0 Å². The van der Waals surface area contributed by atoms with E-state index in [1.807, 2.05) is 0 Å². The summed E-state index contributed by atoms with van der Waals surface area (Å²) in [5.74, 6) is 0.225. The summed E-state index contributed by atoms with van der Waals surface area (Å²) in [4.78, 5) is 0. The minimum absolute atomic E-state index is 0.204. The molecule has 1 rings (SSSR count). The number of hydrogen-bond donors (Lipinski definition) is 1. The summed E-state index contributed by atoms with van der Waals surface area (Å²) in [6.07, 6.45) is 0.679. The van der Waals surface area contributed by atoms with Crippen molar-refractivity contribution in [2.75, 3.05) is 18.8 Å². The van der Waals surface area contributed by atoms with Gasteiger partial charge in [0.25, 0.3) is 0 Å². The molecule has 72 valence electrons. The molecule has 0 bridgehead atoms. The van der Waals surface area contributed by atoms with Crippen LogP contribution in [0.5, 0.6) is 0 Å². The third-order valence-electron chi connectivity index (χ3n) is 1.77. The predicted octanol–water partition coefficient (Wildman–Crippen LogP) is -0.207. The molecule has 1 aliphatic rings. The van der Waals surface area contributed by atoms with E-state index in [9.17, 15) is 13.5 Å². The maximum atomic E-state index is 11.3. The Bertz CT molecular complexity index is 252. The van der Waals surface area contributed by atoms with Gasteiger partial charge in [0.05, 0.1) is 11.4 Å². The Morgan fingerprint density at radius 3 is 2.42 bits per heavy atom. The summed E-state index contributed by atoms with van der Waals surface area (Å²) in [5, 5.41) is 9.40. The Hall–Kier alpha value is -0.130. The fourth-order valence-corrected chi connectivity index (χ4v) is 2.97. The first-order valence-electron chi connectivity index (χ1n) is 4.01. The van der Waals surface area contributed by atoms with Gasteiger partial charge in [0, 0.05) is 13.1 Å². The summed E-state index contributed by atoms with van der Waals surface area (Å²) in [6.45, 7) is 3.98. The lowest BCUT2D eigenvalue weighted by Crippen LogP contribution is -2.39. The summed E-state index contributed by atoms with van der Waals surface area (Å²) < 4.78 is 23.9. The Balaban J connectivity index is 2.66. The zero-order valence-electron chi connectivity index (χ0n) is 7.45. The summed E-state index contributed by atoms with van der Waals surface area (Å²) in [5.41, 5.74) is -0.933. The van der Waals surface area contributed by atoms with Crippen molar-refractivity contribution in [1.29, 1.82) is 0 Å². The van der Waals surface area contributed by atoms with Crippen LogP contribution >= 0.6 is 0 Å². The van der Waals surface area contributed by atoms with Crippen molar-refractivity contribution in [3.8, 4) is 0 Å². The van der Waals surface area contributed by atoms with Crippen molar-refractivity contribution >= 4 is 10.0 Å². The van der Waals surface area contributed by atoms with E-state index >= 15 is 0 Å². The van der Waals surface area contributed by atoms with Crippen LogP contribution in [0.25, 0.3) is 0 Å². The molecule has 5 heteroatoms. The minimum Gasteiger partial charge on any atom is -0.389 e. The average molecular weight is 193 g/mol. The molecule has 0 spiro atoms. The second-order valence-corrected chi connectivity index (χ2v) is 5.90. The zero-order valence-corrected chi connectivity index (χ0v) is 8.26. The predicted molar refractivity (Wildman–Crippen MR) is 46.3 cm³/mol. The van der Waals surface area contributed by atoms with E-state index in [0.717, 1.165) is 0 Å². The molecule has 1 saturated heterocycles. The van der Waals surface area contributed by atoms with Crippen LogP contribution in [0, 0.1) is 0 Å². The lowest BCUT2D eigenvalue weighted by atomic mass is 10.1. The molecule has 0 unspecified atom stereocenters. The Morgan fingerprint density at radius 1 is 1.50 bits per heavy atom. The van der Waals surface area contributed by atoms with Gasteiger partial charge in [0.1, 0.15) is 0 Å². The minimum atomic E-state index is -3.05. The lowest BCUT2D eigenvalue weighted by Gasteiger charge is -2.23. The molecule has 4 nitrogen and oxygen atoms in total. The molecule has 1 heterocycles. The summed E-state index contributed by atoms with van der Waals surface area (Å²) in [7, 11) is -3.05. The van der Waals surface area contributed by atoms with Gasteiger partial charge in [0.2, 0.25) is 10.0 Å². The van der Waals surface area contributed by atoms with Crippen LogP contribution < -0.4 is 0 Å². The van der Waals surface area contributed by atoms with Crippen LogP contribution in [0.1, 0.15) is 20.3 Å². The van der Waals surface area contributed by atoms with Crippen molar-refractivity contribution in [2.24, 2.45) is 0 Å². The van der Waals surface area contributed by atoms with Crippen molar-refractivity contribution in [1.82, 2.24) is 4.31 Å². The second-order valence-electron chi connectivity index (χ2n) is 3.82. The molecule has 1 fully saturated rings. The third kappa shape index (κ3) is 2.43. The van der Waals surface area contributed by atoms with Crippen LogP contribution in [0.3, 0.4) is 0 Å². The molecule has 0 aliphatic carbocycles. The second kappa shape index (κ2) is 2.97. The fraction of sp³-hybridized carbons (Fsp3) is 1.00. The molecule has 0 atom stereocenters. The van der Waals surface area contributed by atoms with E-state index in [4.69, 9.17) is 0 Å². The van der Waals surface area contributed by atoms with E-state index in [-0.39, 0.29) is 12.3 Å². The molecule has 0 saturated carbocycles. The van der Waals surface area contributed by atoms with E-state index in [0.29, 0.717) is 13.0 Å². The summed E-state index contributed by atoms with van der Waals surface area (Å²) in [6, 6.07) is 0. The van der Waals surface area contributed by atoms with Gasteiger partial charge < -0.3 is 5.11 Å². The number of nitrogens with zero attached hydrogens (tertiary/aromatic N) is 1. The van der Waals surface area contributed by atoms with E-state index in [1.54, 1.807) is 13.8 Å². The molecule has 0 aromatic heterocycles. The normalized spacial score (nSPS) is 24.6. The van der Waals surface area contributed by atoms with Crippen LogP contribution in [-0.4, -0.2) is 42.3 Å². The molecule has 1 aliphatic heterocycles. The molecule has 12 heavy (non-hydrogen) atoms. The average Bonchev–Trinajstić information content (AvgIpc) is 2.07. The highest BCUT2D eigenvalue weighted by Crippen LogP contribution is 2.16. The molecule has 0 amide bonds. The van der Waals surface area contributed by atoms with Crippen molar-refractivity contribution in [2.45, 2.75) is 25.9 Å². The van der Waals surface area contributed by atoms with Gasteiger partial charge in [-0.05, 0) is 20.3 Å². The summed E-state index contributed by atoms with van der Waals surface area (Å²) >= 11 is 0. The quantitative estimate of drug-likeness (QED) is 0.660. The van der Waals surface area contributed by atoms with Gasteiger partial charge in [-0.15, -0.1) is 0 Å². The number of rotatable bonds is 2. The smallest absolute Gasteiger partial charge is 0.214 e. The molecular formula is C7H15NO3S. The van der Waals surface area contributed by atoms with E-state index < -0.39 is 15.6 Å². The standard InChI is InChI=1S/C7H15NO3S/c1-7(2,9)6-8-4-3-5-12(8,10)11/h9H,3-6H2,1-2H3. The van der Waals surface area contributed by atoms with Gasteiger partial charge in [0.15, 0.2) is 0 Å². The molecule has 0 aromatic rings. The Kier molecular flexibility index (Phi) is 2.47. The van der Waals surface area contributed by atoms with Crippen molar-refractivity contribution < 1.29 is 13.5 Å². The molecular weight excluding hydrogens is 178 g/mol. The number of hydrogen-bond acceptors (Lipinski definition) is 3. The van der Waals surface area contributed by atoms with Gasteiger partial charge in [-0.2, -0.15) is 4.31 Å². The Morgan fingerprint density at radius 2 is 2.08 bits per heavy atom. The molecule has 1 N–H and O–H groups in total. The van der Waals surface area contributed by atoms with Gasteiger partial charge >= 0.3 is 0 Å². The van der Waals surface area contributed by atoms with Gasteiger partial charge in [-0.25, -0.2) is 8.42 Å². The van der Waals surface area contributed by atoms with Crippen molar-refractivity contribution in [3.63, 3.8) is 0 Å². The van der Waals surface area contributed by atoms with Gasteiger partial charge in [-0.1, -0.05) is 0 Å². The van der Waals surface area contributed by atoms with Crippen LogP contribution in [0.2, 0.25) is 0 Å². The first-order chi connectivity index (χ1) is 5.31. The molecule has 0 radical (unpaired) electrons. The SMILES string of the molecule is CC(C)(O)CN1CCCS1(=O)=O. The topological polar surface area (TPSA) is 57.6 Å². The van der Waals surface area contributed by atoms with Crippen LogP contribution in [0.4, 0.5) is 0 Å².